The molecule has 0 spiro atoms. The number of nitrogens with one attached hydrogen (secondary N) is 1. The molecular weight excluding hydrogens is 178 g/mol. The van der Waals surface area contributed by atoms with Crippen molar-refractivity contribution in [1.29, 1.82) is 0 Å². The van der Waals surface area contributed by atoms with Crippen molar-refractivity contribution in [3.05, 3.63) is 17.5 Å². The quantitative estimate of drug-likeness (QED) is 0.706. The van der Waals surface area contributed by atoms with E-state index in [9.17, 15) is 0 Å². The fourth-order valence-electron chi connectivity index (χ4n) is 2.60. The Morgan fingerprint density at radius 1 is 1.57 bits per heavy atom. The van der Waals surface area contributed by atoms with Crippen LogP contribution in [0.25, 0.3) is 0 Å². The second-order valence-electron chi connectivity index (χ2n) is 4.22. The Balaban J connectivity index is 1.94. The van der Waals surface area contributed by atoms with E-state index >= 15 is 0 Å². The zero-order chi connectivity index (χ0) is 9.54. The molecule has 4 heteroatoms. The van der Waals surface area contributed by atoms with Gasteiger partial charge in [0.05, 0.1) is 18.8 Å². The van der Waals surface area contributed by atoms with Crippen molar-refractivity contribution in [2.45, 2.75) is 37.9 Å². The van der Waals surface area contributed by atoms with E-state index < -0.39 is 0 Å². The zero-order valence-electron chi connectivity index (χ0n) is 8.11. The average Bonchev–Trinajstić information content (AvgIpc) is 2.73. The van der Waals surface area contributed by atoms with E-state index in [1.165, 1.54) is 24.1 Å². The molecular formula is C10H15N3O. The first-order valence-electron chi connectivity index (χ1n) is 5.30. The first kappa shape index (κ1) is 8.44. The van der Waals surface area contributed by atoms with Gasteiger partial charge in [-0.25, -0.2) is 0 Å². The maximum Gasteiger partial charge on any atom is 0.0687 e. The van der Waals surface area contributed by atoms with Crippen LogP contribution in [0.5, 0.6) is 0 Å². The van der Waals surface area contributed by atoms with Crippen LogP contribution in [-0.4, -0.2) is 27.5 Å². The monoisotopic (exact) mass is 193 g/mol. The summed E-state index contributed by atoms with van der Waals surface area (Å²) in [6.07, 6.45) is 5.67. The average molecular weight is 193 g/mol. The Morgan fingerprint density at radius 2 is 2.50 bits per heavy atom. The van der Waals surface area contributed by atoms with E-state index in [2.05, 4.69) is 16.6 Å². The summed E-state index contributed by atoms with van der Waals surface area (Å²) < 4.78 is 1.87. The summed E-state index contributed by atoms with van der Waals surface area (Å²) in [6.45, 7) is 0.784. The summed E-state index contributed by atoms with van der Waals surface area (Å²) >= 11 is 0. The number of aliphatic hydroxyl groups is 1. The van der Waals surface area contributed by atoms with Crippen molar-refractivity contribution in [2.75, 3.05) is 6.61 Å². The highest BCUT2D eigenvalue weighted by Gasteiger charge is 2.33. The van der Waals surface area contributed by atoms with Crippen LogP contribution < -0.4 is 5.32 Å². The van der Waals surface area contributed by atoms with E-state index in [0.29, 0.717) is 18.6 Å². The zero-order valence-corrected chi connectivity index (χ0v) is 8.11. The topological polar surface area (TPSA) is 50.1 Å². The van der Waals surface area contributed by atoms with Crippen molar-refractivity contribution in [3.63, 3.8) is 0 Å². The summed E-state index contributed by atoms with van der Waals surface area (Å²) in [5.41, 5.74) is 2.59. The van der Waals surface area contributed by atoms with Crippen LogP contribution in [0.3, 0.4) is 0 Å². The molecule has 0 radical (unpaired) electrons. The summed E-state index contributed by atoms with van der Waals surface area (Å²) in [5, 5.41) is 16.9. The second kappa shape index (κ2) is 3.07. The van der Waals surface area contributed by atoms with Gasteiger partial charge in [0.2, 0.25) is 0 Å². The SMILES string of the molecule is OCCn1cc2c(n1)C[C@H]1CC[C@@H]2N1. The van der Waals surface area contributed by atoms with E-state index in [1.54, 1.807) is 0 Å². The Hall–Kier alpha value is -0.870. The lowest BCUT2D eigenvalue weighted by Crippen LogP contribution is -2.31. The van der Waals surface area contributed by atoms with Crippen LogP contribution in [0, 0.1) is 0 Å². The van der Waals surface area contributed by atoms with Crippen LogP contribution in [0.1, 0.15) is 30.1 Å². The molecule has 2 bridgehead atoms. The lowest BCUT2D eigenvalue weighted by atomic mass is 10.0. The Bertz CT molecular complexity index is 347. The molecule has 0 aromatic carbocycles. The van der Waals surface area contributed by atoms with Gasteiger partial charge in [-0.1, -0.05) is 0 Å². The molecule has 3 rings (SSSR count). The molecule has 3 heterocycles. The maximum atomic E-state index is 8.84. The first-order chi connectivity index (χ1) is 6.86. The third-order valence-electron chi connectivity index (χ3n) is 3.26. The minimum absolute atomic E-state index is 0.169. The van der Waals surface area contributed by atoms with Gasteiger partial charge in [0.1, 0.15) is 0 Å². The lowest BCUT2D eigenvalue weighted by Gasteiger charge is -2.19. The van der Waals surface area contributed by atoms with Crippen molar-refractivity contribution < 1.29 is 5.11 Å². The van der Waals surface area contributed by atoms with Crippen LogP contribution in [0.2, 0.25) is 0 Å². The molecule has 1 saturated heterocycles. The molecule has 0 unspecified atom stereocenters. The van der Waals surface area contributed by atoms with E-state index in [-0.39, 0.29) is 6.61 Å². The molecule has 1 fully saturated rings. The molecule has 2 aliphatic rings. The molecule has 4 nitrogen and oxygen atoms in total. The highest BCUT2D eigenvalue weighted by molar-refractivity contribution is 5.27. The third kappa shape index (κ3) is 1.18. The molecule has 2 aliphatic heterocycles. The number of aliphatic hydroxyl groups excluding tert-OH is 1. The van der Waals surface area contributed by atoms with Crippen LogP contribution in [0.15, 0.2) is 6.20 Å². The van der Waals surface area contributed by atoms with E-state index in [0.717, 1.165) is 6.42 Å². The molecule has 14 heavy (non-hydrogen) atoms. The summed E-state index contributed by atoms with van der Waals surface area (Å²) in [4.78, 5) is 0. The van der Waals surface area contributed by atoms with Gasteiger partial charge in [-0.3, -0.25) is 4.68 Å². The smallest absolute Gasteiger partial charge is 0.0687 e. The number of aromatic nitrogens is 2. The molecule has 1 aromatic heterocycles. The fraction of sp³-hybridized carbons (Fsp3) is 0.700. The predicted octanol–water partition coefficient (Wildman–Crippen LogP) is 0.225. The largest absolute Gasteiger partial charge is 0.394 e. The molecule has 2 atom stereocenters. The fourth-order valence-corrected chi connectivity index (χ4v) is 2.60. The highest BCUT2D eigenvalue weighted by Crippen LogP contribution is 2.34. The van der Waals surface area contributed by atoms with Crippen LogP contribution >= 0.6 is 0 Å². The second-order valence-corrected chi connectivity index (χ2v) is 4.22. The van der Waals surface area contributed by atoms with Gasteiger partial charge >= 0.3 is 0 Å². The van der Waals surface area contributed by atoms with E-state index in [4.69, 9.17) is 5.11 Å². The molecule has 0 amide bonds. The van der Waals surface area contributed by atoms with Crippen LogP contribution in [-0.2, 0) is 13.0 Å². The van der Waals surface area contributed by atoms with Gasteiger partial charge in [0.25, 0.3) is 0 Å². The van der Waals surface area contributed by atoms with Gasteiger partial charge in [-0.05, 0) is 12.8 Å². The highest BCUT2D eigenvalue weighted by atomic mass is 16.3. The van der Waals surface area contributed by atoms with E-state index in [1.807, 2.05) is 4.68 Å². The minimum Gasteiger partial charge on any atom is -0.394 e. The summed E-state index contributed by atoms with van der Waals surface area (Å²) in [7, 11) is 0. The third-order valence-corrected chi connectivity index (χ3v) is 3.26. The van der Waals surface area contributed by atoms with Gasteiger partial charge in [-0.2, -0.15) is 5.10 Å². The Kier molecular flexibility index (Phi) is 1.85. The minimum atomic E-state index is 0.169. The lowest BCUT2D eigenvalue weighted by molar-refractivity contribution is 0.269. The molecule has 76 valence electrons. The summed E-state index contributed by atoms with van der Waals surface area (Å²) in [5.74, 6) is 0. The van der Waals surface area contributed by atoms with Gasteiger partial charge in [0.15, 0.2) is 0 Å². The van der Waals surface area contributed by atoms with Crippen molar-refractivity contribution in [3.8, 4) is 0 Å². The Labute approximate surface area is 82.9 Å². The normalized spacial score (nSPS) is 29.2. The first-order valence-corrected chi connectivity index (χ1v) is 5.30. The number of hydrogen-bond donors (Lipinski definition) is 2. The molecule has 0 aliphatic carbocycles. The number of hydrogen-bond acceptors (Lipinski definition) is 3. The number of fused-ring (bicyclic) bond motifs is 4. The standard InChI is InChI=1S/C10H15N3O/c14-4-3-13-6-8-9-2-1-7(11-9)5-10(8)12-13/h6-7,9,11,14H,1-5H2/t7-,9+/m1/s1. The van der Waals surface area contributed by atoms with Crippen LogP contribution in [0.4, 0.5) is 0 Å². The molecule has 0 saturated carbocycles. The predicted molar refractivity (Wildman–Crippen MR) is 51.9 cm³/mol. The molecule has 1 aromatic rings. The van der Waals surface area contributed by atoms with Gasteiger partial charge in [0, 0.05) is 30.3 Å². The Morgan fingerprint density at radius 3 is 3.36 bits per heavy atom. The van der Waals surface area contributed by atoms with Gasteiger partial charge < -0.3 is 10.4 Å². The van der Waals surface area contributed by atoms with Crippen molar-refractivity contribution in [1.82, 2.24) is 15.1 Å². The number of rotatable bonds is 2. The maximum absolute atomic E-state index is 8.84. The van der Waals surface area contributed by atoms with Crippen molar-refractivity contribution >= 4 is 0 Å². The number of nitrogens with zero attached hydrogens (tertiary/aromatic N) is 2. The summed E-state index contributed by atoms with van der Waals surface area (Å²) in [6, 6.07) is 1.17. The molecule has 2 N–H and O–H groups in total. The van der Waals surface area contributed by atoms with Gasteiger partial charge in [-0.15, -0.1) is 0 Å². The van der Waals surface area contributed by atoms with Crippen molar-refractivity contribution in [2.24, 2.45) is 0 Å².